The molecule has 3 aromatic rings. The van der Waals surface area contributed by atoms with Gasteiger partial charge in [0.2, 0.25) is 5.91 Å². The van der Waals surface area contributed by atoms with Gasteiger partial charge in [-0.1, -0.05) is 30.3 Å². The summed E-state index contributed by atoms with van der Waals surface area (Å²) >= 11 is 0. The number of amides is 4. The molecule has 2 heterocycles. The predicted octanol–water partition coefficient (Wildman–Crippen LogP) is 2.48. The van der Waals surface area contributed by atoms with E-state index in [0.29, 0.717) is 5.56 Å². The maximum absolute atomic E-state index is 13.7. The molecule has 2 N–H and O–H groups in total. The summed E-state index contributed by atoms with van der Waals surface area (Å²) in [6.45, 7) is -0.608. The van der Waals surface area contributed by atoms with Crippen molar-refractivity contribution in [2.45, 2.75) is 6.54 Å². The van der Waals surface area contributed by atoms with E-state index >= 15 is 0 Å². The molecule has 0 atom stereocenters. The topological polar surface area (TPSA) is 110 Å². The molecule has 1 aliphatic heterocycles. The van der Waals surface area contributed by atoms with Crippen molar-refractivity contribution in [3.05, 3.63) is 71.8 Å². The quantitative estimate of drug-likeness (QED) is 0.341. The molecule has 0 spiro atoms. The van der Waals surface area contributed by atoms with Crippen LogP contribution in [0.3, 0.4) is 0 Å². The van der Waals surface area contributed by atoms with Crippen LogP contribution in [0, 0.1) is 5.82 Å². The number of halogens is 1. The summed E-state index contributed by atoms with van der Waals surface area (Å²) in [4.78, 5) is 49.8. The van der Waals surface area contributed by atoms with Gasteiger partial charge in [0.05, 0.1) is 12.8 Å². The number of carbonyl (C=O) groups excluding carboxylic acids is 4. The van der Waals surface area contributed by atoms with Crippen molar-refractivity contribution in [1.82, 2.24) is 14.8 Å². The molecule has 1 fully saturated rings. The van der Waals surface area contributed by atoms with E-state index in [4.69, 9.17) is 4.74 Å². The van der Waals surface area contributed by atoms with Gasteiger partial charge in [-0.15, -0.1) is 0 Å². The van der Waals surface area contributed by atoms with E-state index in [1.165, 1.54) is 31.4 Å². The van der Waals surface area contributed by atoms with Crippen LogP contribution in [0.4, 0.5) is 14.9 Å². The van der Waals surface area contributed by atoms with Crippen molar-refractivity contribution in [2.75, 3.05) is 19.0 Å². The van der Waals surface area contributed by atoms with E-state index in [-0.39, 0.29) is 17.9 Å². The highest BCUT2D eigenvalue weighted by atomic mass is 19.1. The van der Waals surface area contributed by atoms with Gasteiger partial charge in [0, 0.05) is 22.7 Å². The summed E-state index contributed by atoms with van der Waals surface area (Å²) in [7, 11) is 1.29. The van der Waals surface area contributed by atoms with Crippen LogP contribution in [0.1, 0.15) is 5.56 Å². The molecule has 0 saturated carbocycles. The fourth-order valence-corrected chi connectivity index (χ4v) is 3.49. The number of aromatic nitrogens is 1. The lowest BCUT2D eigenvalue weighted by Gasteiger charge is -2.12. The van der Waals surface area contributed by atoms with Crippen LogP contribution in [0.15, 0.2) is 60.4 Å². The number of imide groups is 1. The van der Waals surface area contributed by atoms with E-state index < -0.39 is 36.2 Å². The molecule has 1 saturated heterocycles. The number of benzene rings is 2. The average molecular weight is 450 g/mol. The molecule has 9 nitrogen and oxygen atoms in total. The Morgan fingerprint density at radius 3 is 2.58 bits per heavy atom. The number of para-hydroxylation sites is 2. The fraction of sp³-hybridized carbons (Fsp3) is 0.130. The highest BCUT2D eigenvalue weighted by Gasteiger charge is 2.35. The zero-order valence-corrected chi connectivity index (χ0v) is 17.5. The second kappa shape index (κ2) is 8.95. The maximum Gasteiger partial charge on any atom is 0.329 e. The number of rotatable bonds is 6. The lowest BCUT2D eigenvalue weighted by Crippen LogP contribution is -2.38. The molecule has 0 aliphatic carbocycles. The predicted molar refractivity (Wildman–Crippen MR) is 117 cm³/mol. The molecule has 10 heteroatoms. The van der Waals surface area contributed by atoms with Crippen molar-refractivity contribution in [2.24, 2.45) is 0 Å². The van der Waals surface area contributed by atoms with Gasteiger partial charge in [-0.25, -0.2) is 14.1 Å². The van der Waals surface area contributed by atoms with Crippen LogP contribution in [0.5, 0.6) is 0 Å². The van der Waals surface area contributed by atoms with Crippen LogP contribution in [-0.2, 0) is 25.7 Å². The summed E-state index contributed by atoms with van der Waals surface area (Å²) in [5.74, 6) is -2.49. The van der Waals surface area contributed by atoms with Crippen LogP contribution >= 0.6 is 0 Å². The Bertz CT molecular complexity index is 1310. The zero-order chi connectivity index (χ0) is 23.5. The van der Waals surface area contributed by atoms with E-state index in [9.17, 15) is 23.6 Å². The van der Waals surface area contributed by atoms with Crippen LogP contribution in [0.25, 0.3) is 17.0 Å². The highest BCUT2D eigenvalue weighted by Crippen LogP contribution is 2.25. The Kier molecular flexibility index (Phi) is 5.90. The largest absolute Gasteiger partial charge is 0.468 e. The Balaban J connectivity index is 1.56. The molecule has 168 valence electrons. The van der Waals surface area contributed by atoms with Crippen molar-refractivity contribution >= 4 is 46.5 Å². The number of nitrogens with zero attached hydrogens (tertiary/aromatic N) is 2. The van der Waals surface area contributed by atoms with E-state index in [2.05, 4.69) is 10.6 Å². The van der Waals surface area contributed by atoms with Crippen molar-refractivity contribution < 1.29 is 28.3 Å². The summed E-state index contributed by atoms with van der Waals surface area (Å²) in [5, 5.41) is 5.55. The van der Waals surface area contributed by atoms with Gasteiger partial charge >= 0.3 is 12.0 Å². The zero-order valence-electron chi connectivity index (χ0n) is 17.5. The molecule has 33 heavy (non-hydrogen) atoms. The maximum atomic E-state index is 13.7. The molecule has 0 radical (unpaired) electrons. The lowest BCUT2D eigenvalue weighted by molar-refractivity contribution is -0.141. The first-order valence-corrected chi connectivity index (χ1v) is 9.91. The van der Waals surface area contributed by atoms with E-state index in [0.717, 1.165) is 15.8 Å². The average Bonchev–Trinajstić information content (AvgIpc) is 3.27. The lowest BCUT2D eigenvalue weighted by atomic mass is 10.1. The Hall–Kier alpha value is -4.47. The summed E-state index contributed by atoms with van der Waals surface area (Å²) < 4.78 is 20.1. The Labute approximate surface area is 187 Å². The van der Waals surface area contributed by atoms with Crippen LogP contribution in [0.2, 0.25) is 0 Å². The minimum absolute atomic E-state index is 0.0250. The van der Waals surface area contributed by atoms with Gasteiger partial charge in [-0.3, -0.25) is 14.4 Å². The molecular weight excluding hydrogens is 431 g/mol. The second-order valence-corrected chi connectivity index (χ2v) is 7.21. The fourth-order valence-electron chi connectivity index (χ4n) is 3.49. The van der Waals surface area contributed by atoms with Gasteiger partial charge < -0.3 is 19.9 Å². The van der Waals surface area contributed by atoms with Gasteiger partial charge in [0.25, 0.3) is 5.91 Å². The van der Waals surface area contributed by atoms with E-state index in [1.54, 1.807) is 22.9 Å². The molecule has 1 aliphatic rings. The number of hydrogen-bond acceptors (Lipinski definition) is 5. The smallest absolute Gasteiger partial charge is 0.329 e. The van der Waals surface area contributed by atoms with E-state index in [1.807, 2.05) is 18.2 Å². The summed E-state index contributed by atoms with van der Waals surface area (Å²) in [6, 6.07) is 12.0. The third-order valence-corrected chi connectivity index (χ3v) is 5.06. The van der Waals surface area contributed by atoms with Gasteiger partial charge in [-0.05, 0) is 24.3 Å². The molecule has 4 rings (SSSR count). The number of carbonyl (C=O) groups is 4. The van der Waals surface area contributed by atoms with Crippen molar-refractivity contribution in [3.63, 3.8) is 0 Å². The number of ether oxygens (including phenoxy) is 1. The molecular formula is C23H19FN4O5. The number of nitrogens with one attached hydrogen (secondary N) is 2. The standard InChI is InChI=1S/C23H19FN4O5/c1-33-21(30)13-27-11-14(15-6-2-5-9-19(15)27)10-18-22(31)28(23(32)26-18)12-20(29)25-17-8-4-3-7-16(17)24/h2-11H,12-13H2,1H3,(H,25,29)(H,26,32)/b18-10+. The second-order valence-electron chi connectivity index (χ2n) is 7.21. The van der Waals surface area contributed by atoms with Gasteiger partial charge in [0.1, 0.15) is 24.6 Å². The minimum atomic E-state index is -0.770. The number of esters is 1. The summed E-state index contributed by atoms with van der Waals surface area (Å²) in [5.41, 5.74) is 1.26. The third kappa shape index (κ3) is 4.45. The van der Waals surface area contributed by atoms with Crippen molar-refractivity contribution in [3.8, 4) is 0 Å². The molecule has 1 aromatic heterocycles. The minimum Gasteiger partial charge on any atom is -0.468 e. The number of hydrogen-bond donors (Lipinski definition) is 2. The first kappa shape index (κ1) is 21.8. The Morgan fingerprint density at radius 1 is 1.09 bits per heavy atom. The molecule has 4 amide bonds. The van der Waals surface area contributed by atoms with Crippen molar-refractivity contribution in [1.29, 1.82) is 0 Å². The normalized spacial score (nSPS) is 14.6. The number of anilines is 1. The third-order valence-electron chi connectivity index (χ3n) is 5.06. The first-order valence-electron chi connectivity index (χ1n) is 9.91. The van der Waals surface area contributed by atoms with Gasteiger partial charge in [-0.2, -0.15) is 0 Å². The SMILES string of the molecule is COC(=O)Cn1cc(/C=C2/NC(=O)N(CC(=O)Nc3ccccc3F)C2=O)c2ccccc21. The number of fused-ring (bicyclic) bond motifs is 1. The monoisotopic (exact) mass is 450 g/mol. The Morgan fingerprint density at radius 2 is 1.82 bits per heavy atom. The first-order chi connectivity index (χ1) is 15.9. The molecule has 2 aromatic carbocycles. The number of urea groups is 1. The van der Waals surface area contributed by atoms with Gasteiger partial charge in [0.15, 0.2) is 0 Å². The molecule has 0 unspecified atom stereocenters. The van der Waals surface area contributed by atoms with Crippen LogP contribution < -0.4 is 10.6 Å². The molecule has 0 bridgehead atoms. The van der Waals surface area contributed by atoms with Crippen LogP contribution in [-0.4, -0.2) is 46.9 Å². The summed E-state index contributed by atoms with van der Waals surface area (Å²) in [6.07, 6.45) is 3.15. The number of methoxy groups -OCH3 is 1. The highest BCUT2D eigenvalue weighted by molar-refractivity contribution is 6.16.